The number of urea groups is 1. The largest absolute Gasteiger partial charge is 0.334 e. The maximum atomic E-state index is 11.6. The number of carbonyl (C=O) groups excluding carboxylic acids is 1. The summed E-state index contributed by atoms with van der Waals surface area (Å²) in [4.78, 5) is 15.5. The molecule has 0 aliphatic heterocycles. The molecule has 0 aliphatic carbocycles. The van der Waals surface area contributed by atoms with Crippen LogP contribution < -0.4 is 10.6 Å². The van der Waals surface area contributed by atoms with Gasteiger partial charge in [0.15, 0.2) is 0 Å². The van der Waals surface area contributed by atoms with E-state index in [-0.39, 0.29) is 6.03 Å². The van der Waals surface area contributed by atoms with Crippen molar-refractivity contribution in [3.05, 3.63) is 65.5 Å². The van der Waals surface area contributed by atoms with Gasteiger partial charge < -0.3 is 10.6 Å². The van der Waals surface area contributed by atoms with Gasteiger partial charge in [-0.2, -0.15) is 5.26 Å². The van der Waals surface area contributed by atoms with Crippen molar-refractivity contribution in [1.29, 1.82) is 5.26 Å². The molecule has 2 amide bonds. The highest BCUT2D eigenvalue weighted by Crippen LogP contribution is 2.02. The van der Waals surface area contributed by atoms with Crippen molar-refractivity contribution in [2.75, 3.05) is 0 Å². The van der Waals surface area contributed by atoms with E-state index < -0.39 is 0 Å². The molecule has 5 nitrogen and oxygen atoms in total. The van der Waals surface area contributed by atoms with Gasteiger partial charge in [-0.1, -0.05) is 12.1 Å². The summed E-state index contributed by atoms with van der Waals surface area (Å²) < 4.78 is 0. The van der Waals surface area contributed by atoms with Gasteiger partial charge in [0, 0.05) is 25.5 Å². The molecule has 0 aliphatic rings. The van der Waals surface area contributed by atoms with Gasteiger partial charge in [-0.25, -0.2) is 4.79 Å². The first-order valence-corrected chi connectivity index (χ1v) is 6.17. The second-order valence-corrected chi connectivity index (χ2v) is 4.20. The monoisotopic (exact) mass is 266 g/mol. The van der Waals surface area contributed by atoms with E-state index in [2.05, 4.69) is 21.7 Å². The number of nitriles is 1. The highest BCUT2D eigenvalue weighted by Gasteiger charge is 2.00. The first-order chi connectivity index (χ1) is 9.78. The summed E-state index contributed by atoms with van der Waals surface area (Å²) in [6, 6.07) is 12.6. The lowest BCUT2D eigenvalue weighted by Gasteiger charge is -2.07. The van der Waals surface area contributed by atoms with Gasteiger partial charge in [-0.3, -0.25) is 4.98 Å². The Morgan fingerprint density at radius 1 is 1.00 bits per heavy atom. The van der Waals surface area contributed by atoms with Crippen molar-refractivity contribution in [3.8, 4) is 6.07 Å². The highest BCUT2D eigenvalue weighted by molar-refractivity contribution is 5.73. The average Bonchev–Trinajstić information content (AvgIpc) is 2.52. The molecular weight excluding hydrogens is 252 g/mol. The van der Waals surface area contributed by atoms with Crippen LogP contribution in [0.2, 0.25) is 0 Å². The second-order valence-electron chi connectivity index (χ2n) is 4.20. The second kappa shape index (κ2) is 6.90. The lowest BCUT2D eigenvalue weighted by Crippen LogP contribution is -2.34. The minimum absolute atomic E-state index is 0.230. The van der Waals surface area contributed by atoms with Crippen LogP contribution in [0, 0.1) is 11.3 Å². The van der Waals surface area contributed by atoms with E-state index in [1.54, 1.807) is 24.5 Å². The van der Waals surface area contributed by atoms with Gasteiger partial charge in [-0.15, -0.1) is 0 Å². The van der Waals surface area contributed by atoms with E-state index in [1.807, 2.05) is 24.3 Å². The molecule has 2 N–H and O–H groups in total. The maximum Gasteiger partial charge on any atom is 0.315 e. The van der Waals surface area contributed by atoms with Crippen LogP contribution in [0.15, 0.2) is 48.8 Å². The lowest BCUT2D eigenvalue weighted by atomic mass is 10.1. The topological polar surface area (TPSA) is 77.8 Å². The molecule has 1 aromatic heterocycles. The van der Waals surface area contributed by atoms with Gasteiger partial charge in [0.25, 0.3) is 0 Å². The Kier molecular flexibility index (Phi) is 4.68. The van der Waals surface area contributed by atoms with Gasteiger partial charge in [0.2, 0.25) is 0 Å². The Balaban J connectivity index is 1.76. The zero-order valence-electron chi connectivity index (χ0n) is 10.8. The summed E-state index contributed by atoms with van der Waals surface area (Å²) in [7, 11) is 0. The average molecular weight is 266 g/mol. The van der Waals surface area contributed by atoms with E-state index in [9.17, 15) is 4.79 Å². The number of aromatic nitrogens is 1. The molecule has 0 bridgehead atoms. The highest BCUT2D eigenvalue weighted by atomic mass is 16.2. The van der Waals surface area contributed by atoms with E-state index in [0.29, 0.717) is 18.7 Å². The van der Waals surface area contributed by atoms with Crippen molar-refractivity contribution in [1.82, 2.24) is 15.6 Å². The van der Waals surface area contributed by atoms with Crippen LogP contribution in [0.25, 0.3) is 0 Å². The van der Waals surface area contributed by atoms with E-state index in [4.69, 9.17) is 5.26 Å². The molecule has 0 atom stereocenters. The summed E-state index contributed by atoms with van der Waals surface area (Å²) in [6.45, 7) is 0.885. The molecule has 0 saturated carbocycles. The zero-order valence-corrected chi connectivity index (χ0v) is 10.8. The summed E-state index contributed by atoms with van der Waals surface area (Å²) in [6.07, 6.45) is 3.37. The third-order valence-electron chi connectivity index (χ3n) is 2.74. The Bertz CT molecular complexity index is 602. The van der Waals surface area contributed by atoms with Gasteiger partial charge in [0.1, 0.15) is 0 Å². The standard InChI is InChI=1S/C15H14N4O/c16-9-12-1-3-13(4-2-12)10-18-15(20)19-11-14-5-7-17-8-6-14/h1-8H,10-11H2,(H2,18,19,20). The fourth-order valence-corrected chi connectivity index (χ4v) is 1.62. The zero-order chi connectivity index (χ0) is 14.2. The number of benzene rings is 1. The molecule has 0 radical (unpaired) electrons. The Labute approximate surface area is 117 Å². The fourth-order valence-electron chi connectivity index (χ4n) is 1.62. The van der Waals surface area contributed by atoms with Crippen LogP contribution in [0.5, 0.6) is 0 Å². The number of pyridine rings is 1. The molecule has 0 spiro atoms. The van der Waals surface area contributed by atoms with E-state index in [0.717, 1.165) is 11.1 Å². The molecule has 5 heteroatoms. The molecule has 1 heterocycles. The normalized spacial score (nSPS) is 9.55. The van der Waals surface area contributed by atoms with Gasteiger partial charge in [-0.05, 0) is 35.4 Å². The molecule has 2 rings (SSSR count). The summed E-state index contributed by atoms with van der Waals surface area (Å²) in [5.74, 6) is 0. The first-order valence-electron chi connectivity index (χ1n) is 6.17. The minimum Gasteiger partial charge on any atom is -0.334 e. The number of amides is 2. The molecule has 20 heavy (non-hydrogen) atoms. The molecule has 100 valence electrons. The van der Waals surface area contributed by atoms with Crippen molar-refractivity contribution in [2.45, 2.75) is 13.1 Å². The summed E-state index contributed by atoms with van der Waals surface area (Å²) in [5.41, 5.74) is 2.55. The number of nitrogens with one attached hydrogen (secondary N) is 2. The predicted molar refractivity (Wildman–Crippen MR) is 74.5 cm³/mol. The van der Waals surface area contributed by atoms with Crippen LogP contribution in [-0.4, -0.2) is 11.0 Å². The smallest absolute Gasteiger partial charge is 0.315 e. The van der Waals surface area contributed by atoms with Crippen LogP contribution in [0.3, 0.4) is 0 Å². The molecule has 0 unspecified atom stereocenters. The maximum absolute atomic E-state index is 11.6. The van der Waals surface area contributed by atoms with E-state index in [1.165, 1.54) is 0 Å². The quantitative estimate of drug-likeness (QED) is 0.887. The molecule has 2 aromatic rings. The van der Waals surface area contributed by atoms with Crippen molar-refractivity contribution < 1.29 is 4.79 Å². The van der Waals surface area contributed by atoms with Crippen LogP contribution in [0.4, 0.5) is 4.79 Å². The predicted octanol–water partition coefficient (Wildman–Crippen LogP) is 1.95. The molecule has 1 aromatic carbocycles. The number of nitrogens with zero attached hydrogens (tertiary/aromatic N) is 2. The first kappa shape index (κ1) is 13.6. The Morgan fingerprint density at radius 3 is 2.10 bits per heavy atom. The van der Waals surface area contributed by atoms with Crippen molar-refractivity contribution >= 4 is 6.03 Å². The van der Waals surface area contributed by atoms with Crippen LogP contribution in [-0.2, 0) is 13.1 Å². The third-order valence-corrected chi connectivity index (χ3v) is 2.74. The SMILES string of the molecule is N#Cc1ccc(CNC(=O)NCc2ccncc2)cc1. The third kappa shape index (κ3) is 4.10. The number of hydrogen-bond acceptors (Lipinski definition) is 3. The minimum atomic E-state index is -0.230. The summed E-state index contributed by atoms with van der Waals surface area (Å²) >= 11 is 0. The summed E-state index contributed by atoms with van der Waals surface area (Å²) in [5, 5.41) is 14.2. The number of hydrogen-bond donors (Lipinski definition) is 2. The fraction of sp³-hybridized carbons (Fsp3) is 0.133. The lowest BCUT2D eigenvalue weighted by molar-refractivity contribution is 0.240. The van der Waals surface area contributed by atoms with Crippen LogP contribution >= 0.6 is 0 Å². The molecule has 0 fully saturated rings. The van der Waals surface area contributed by atoms with Crippen molar-refractivity contribution in [3.63, 3.8) is 0 Å². The Morgan fingerprint density at radius 2 is 1.55 bits per heavy atom. The van der Waals surface area contributed by atoms with Crippen LogP contribution in [0.1, 0.15) is 16.7 Å². The van der Waals surface area contributed by atoms with E-state index >= 15 is 0 Å². The number of rotatable bonds is 4. The van der Waals surface area contributed by atoms with Crippen molar-refractivity contribution in [2.24, 2.45) is 0 Å². The molecular formula is C15H14N4O. The van der Waals surface area contributed by atoms with Gasteiger partial charge >= 0.3 is 6.03 Å². The molecule has 0 saturated heterocycles. The number of carbonyl (C=O) groups is 1. The Hall–Kier alpha value is -2.87. The van der Waals surface area contributed by atoms with Gasteiger partial charge in [0.05, 0.1) is 11.6 Å².